The summed E-state index contributed by atoms with van der Waals surface area (Å²) in [5.74, 6) is -1.98. The van der Waals surface area contributed by atoms with Crippen LogP contribution in [-0.4, -0.2) is 4.98 Å². The van der Waals surface area contributed by atoms with Gasteiger partial charge in [-0.1, -0.05) is 23.2 Å². The molecule has 0 aliphatic carbocycles. The number of hydrogen-bond acceptors (Lipinski definition) is 3. The van der Waals surface area contributed by atoms with E-state index in [9.17, 15) is 8.78 Å². The lowest BCUT2D eigenvalue weighted by molar-refractivity contribution is 0.505. The third kappa shape index (κ3) is 2.93. The first-order chi connectivity index (χ1) is 8.49. The van der Waals surface area contributed by atoms with Crippen LogP contribution >= 0.6 is 50.5 Å². The van der Waals surface area contributed by atoms with E-state index in [1.807, 2.05) is 0 Å². The van der Waals surface area contributed by atoms with Crippen molar-refractivity contribution < 1.29 is 8.78 Å². The fraction of sp³-hybridized carbons (Fsp3) is 0.100. The van der Waals surface area contributed by atoms with Crippen molar-refractivity contribution in [1.82, 2.24) is 4.98 Å². The molecule has 1 heterocycles. The van der Waals surface area contributed by atoms with Crippen LogP contribution in [0.3, 0.4) is 0 Å². The van der Waals surface area contributed by atoms with Gasteiger partial charge in [0, 0.05) is 11.1 Å². The summed E-state index contributed by atoms with van der Waals surface area (Å²) >= 11 is 15.8. The number of aromatic nitrogens is 1. The lowest BCUT2D eigenvalue weighted by atomic mass is 10.3. The molecule has 0 bridgehead atoms. The van der Waals surface area contributed by atoms with Crippen LogP contribution < -0.4 is 5.32 Å². The fourth-order valence-electron chi connectivity index (χ4n) is 1.27. The maximum Gasteiger partial charge on any atom is 0.183 e. The Morgan fingerprint density at radius 2 is 2.11 bits per heavy atom. The van der Waals surface area contributed by atoms with Crippen molar-refractivity contribution in [2.75, 3.05) is 5.32 Å². The summed E-state index contributed by atoms with van der Waals surface area (Å²) in [4.78, 5) is 4.72. The molecule has 0 fully saturated rings. The Balaban J connectivity index is 2.22. The molecule has 0 saturated heterocycles. The third-order valence-corrected chi connectivity index (χ3v) is 4.24. The van der Waals surface area contributed by atoms with Gasteiger partial charge in [-0.2, -0.15) is 0 Å². The maximum absolute atomic E-state index is 13.3. The van der Waals surface area contributed by atoms with Gasteiger partial charge in [-0.25, -0.2) is 13.8 Å². The first-order valence-corrected chi connectivity index (χ1v) is 7.02. The molecule has 0 aliphatic heterocycles. The van der Waals surface area contributed by atoms with E-state index in [0.29, 0.717) is 16.7 Å². The molecule has 96 valence electrons. The molecule has 1 aromatic heterocycles. The van der Waals surface area contributed by atoms with Crippen molar-refractivity contribution in [2.24, 2.45) is 0 Å². The van der Waals surface area contributed by atoms with E-state index in [1.165, 1.54) is 11.3 Å². The van der Waals surface area contributed by atoms with Gasteiger partial charge in [-0.15, -0.1) is 11.3 Å². The van der Waals surface area contributed by atoms with Crippen molar-refractivity contribution >= 4 is 56.2 Å². The first kappa shape index (κ1) is 14.0. The van der Waals surface area contributed by atoms with Crippen molar-refractivity contribution in [3.05, 3.63) is 42.7 Å². The summed E-state index contributed by atoms with van der Waals surface area (Å²) in [5, 5.41) is 3.00. The second kappa shape index (κ2) is 5.69. The molecule has 1 N–H and O–H groups in total. The summed E-state index contributed by atoms with van der Waals surface area (Å²) in [6.07, 6.45) is 1.60. The number of anilines is 1. The predicted octanol–water partition coefficient (Wildman–Crippen LogP) is 5.10. The highest BCUT2D eigenvalue weighted by Crippen LogP contribution is 2.35. The van der Waals surface area contributed by atoms with E-state index in [1.54, 1.807) is 6.20 Å². The topological polar surface area (TPSA) is 24.9 Å². The van der Waals surface area contributed by atoms with Crippen LogP contribution in [0.5, 0.6) is 0 Å². The molecule has 0 saturated carbocycles. The number of rotatable bonds is 3. The van der Waals surface area contributed by atoms with Gasteiger partial charge in [-0.05, 0) is 22.0 Å². The number of thiazole rings is 1. The SMILES string of the molecule is Fc1cc(Cl)c(NCc2cnc(Cl)s2)c(Br)c1F. The number of benzene rings is 1. The molecule has 0 aliphatic rings. The molecule has 2 rings (SSSR count). The van der Waals surface area contributed by atoms with Gasteiger partial charge >= 0.3 is 0 Å². The highest BCUT2D eigenvalue weighted by atomic mass is 79.9. The van der Waals surface area contributed by atoms with Crippen LogP contribution in [0.4, 0.5) is 14.5 Å². The largest absolute Gasteiger partial charge is 0.378 e. The molecule has 2 nitrogen and oxygen atoms in total. The Hall–Kier alpha value is -0.430. The van der Waals surface area contributed by atoms with Crippen LogP contribution in [0.15, 0.2) is 16.7 Å². The third-order valence-electron chi connectivity index (χ3n) is 2.08. The molecule has 0 unspecified atom stereocenters. The normalized spacial score (nSPS) is 10.7. The Bertz CT molecular complexity index is 591. The number of halogens is 5. The minimum Gasteiger partial charge on any atom is -0.378 e. The molecule has 0 atom stereocenters. The zero-order valence-electron chi connectivity index (χ0n) is 8.61. The molecule has 0 spiro atoms. The van der Waals surface area contributed by atoms with Crippen molar-refractivity contribution in [3.8, 4) is 0 Å². The lowest BCUT2D eigenvalue weighted by Crippen LogP contribution is -2.01. The summed E-state index contributed by atoms with van der Waals surface area (Å²) in [6, 6.07) is 0.920. The summed E-state index contributed by atoms with van der Waals surface area (Å²) in [7, 11) is 0. The van der Waals surface area contributed by atoms with Crippen molar-refractivity contribution in [1.29, 1.82) is 0 Å². The van der Waals surface area contributed by atoms with Gasteiger partial charge in [0.05, 0.1) is 21.7 Å². The van der Waals surface area contributed by atoms with E-state index >= 15 is 0 Å². The zero-order chi connectivity index (χ0) is 13.3. The first-order valence-electron chi connectivity index (χ1n) is 4.66. The van der Waals surface area contributed by atoms with Gasteiger partial charge in [0.15, 0.2) is 16.1 Å². The van der Waals surface area contributed by atoms with Gasteiger partial charge < -0.3 is 5.32 Å². The molecule has 0 amide bonds. The maximum atomic E-state index is 13.3. The van der Waals surface area contributed by atoms with Crippen LogP contribution in [0.2, 0.25) is 9.49 Å². The molecular formula is C10H5BrCl2F2N2S. The quantitative estimate of drug-likeness (QED) is 0.597. The number of nitrogens with one attached hydrogen (secondary N) is 1. The Kier molecular flexibility index (Phi) is 4.42. The van der Waals surface area contributed by atoms with Crippen LogP contribution in [0, 0.1) is 11.6 Å². The highest BCUT2D eigenvalue weighted by Gasteiger charge is 2.15. The van der Waals surface area contributed by atoms with E-state index in [2.05, 4.69) is 26.2 Å². The summed E-state index contributed by atoms with van der Waals surface area (Å²) < 4.78 is 26.8. The monoisotopic (exact) mass is 372 g/mol. The number of hydrogen-bond donors (Lipinski definition) is 1. The predicted molar refractivity (Wildman–Crippen MR) is 73.5 cm³/mol. The van der Waals surface area contributed by atoms with E-state index in [0.717, 1.165) is 10.9 Å². The molecule has 2 aromatic rings. The molecule has 1 aromatic carbocycles. The van der Waals surface area contributed by atoms with Crippen molar-refractivity contribution in [2.45, 2.75) is 6.54 Å². The van der Waals surface area contributed by atoms with E-state index < -0.39 is 11.6 Å². The Morgan fingerprint density at radius 3 is 2.72 bits per heavy atom. The van der Waals surface area contributed by atoms with Gasteiger partial charge in [0.25, 0.3) is 0 Å². The molecular weight excluding hydrogens is 369 g/mol. The standard InChI is InChI=1S/C10H5BrCl2F2N2S/c11-7-8(15)6(14)1-5(12)9(7)16-2-4-3-17-10(13)18-4/h1,3,16H,2H2. The summed E-state index contributed by atoms with van der Waals surface area (Å²) in [6.45, 7) is 0.369. The van der Waals surface area contributed by atoms with Crippen LogP contribution in [0.25, 0.3) is 0 Å². The fourth-order valence-corrected chi connectivity index (χ4v) is 3.10. The van der Waals surface area contributed by atoms with Crippen LogP contribution in [-0.2, 0) is 6.54 Å². The van der Waals surface area contributed by atoms with E-state index in [4.69, 9.17) is 23.2 Å². The van der Waals surface area contributed by atoms with Gasteiger partial charge in [-0.3, -0.25) is 0 Å². The minimum atomic E-state index is -1.00. The minimum absolute atomic E-state index is 0.0388. The average molecular weight is 374 g/mol. The number of nitrogens with zero attached hydrogens (tertiary/aromatic N) is 1. The Morgan fingerprint density at radius 1 is 1.39 bits per heavy atom. The highest BCUT2D eigenvalue weighted by molar-refractivity contribution is 9.10. The molecule has 8 heteroatoms. The molecule has 0 radical (unpaired) electrons. The molecule has 18 heavy (non-hydrogen) atoms. The van der Waals surface area contributed by atoms with Gasteiger partial charge in [0.2, 0.25) is 0 Å². The van der Waals surface area contributed by atoms with Gasteiger partial charge in [0.1, 0.15) is 0 Å². The average Bonchev–Trinajstić information content (AvgIpc) is 2.72. The second-order valence-corrected chi connectivity index (χ2v) is 6.17. The zero-order valence-corrected chi connectivity index (χ0v) is 12.5. The second-order valence-electron chi connectivity index (χ2n) is 3.28. The lowest BCUT2D eigenvalue weighted by Gasteiger charge is -2.10. The summed E-state index contributed by atoms with van der Waals surface area (Å²) in [5.41, 5.74) is 0.292. The Labute approximate surface area is 124 Å². The smallest absolute Gasteiger partial charge is 0.183 e. The van der Waals surface area contributed by atoms with Crippen molar-refractivity contribution in [3.63, 3.8) is 0 Å². The van der Waals surface area contributed by atoms with Crippen LogP contribution in [0.1, 0.15) is 4.88 Å². The van der Waals surface area contributed by atoms with E-state index in [-0.39, 0.29) is 9.50 Å².